The SMILES string of the molecule is O=C(O)Cn1cc(CC2(CC(=O)O)CC2)c2cccc(/C=C/c3ccc(OC/C=C/COc4cccc(F)c4F)cc3)c21. The average Bonchev–Trinajstić information content (AvgIpc) is 3.64. The van der Waals surface area contributed by atoms with Crippen molar-refractivity contribution in [2.75, 3.05) is 13.2 Å². The molecule has 0 radical (unpaired) electrons. The van der Waals surface area contributed by atoms with Gasteiger partial charge in [-0.2, -0.15) is 4.39 Å². The molecule has 1 saturated carbocycles. The van der Waals surface area contributed by atoms with Crippen LogP contribution >= 0.6 is 0 Å². The summed E-state index contributed by atoms with van der Waals surface area (Å²) < 4.78 is 39.5. The summed E-state index contributed by atoms with van der Waals surface area (Å²) in [6, 6.07) is 17.0. The van der Waals surface area contributed by atoms with E-state index in [0.717, 1.165) is 46.5 Å². The topological polar surface area (TPSA) is 98.0 Å². The fourth-order valence-electron chi connectivity index (χ4n) is 5.20. The predicted octanol–water partition coefficient (Wildman–Crippen LogP) is 6.99. The maximum absolute atomic E-state index is 13.6. The first-order valence-electron chi connectivity index (χ1n) is 13.9. The van der Waals surface area contributed by atoms with Crippen molar-refractivity contribution in [1.29, 1.82) is 0 Å². The van der Waals surface area contributed by atoms with Gasteiger partial charge in [-0.3, -0.25) is 9.59 Å². The lowest BCUT2D eigenvalue weighted by Gasteiger charge is -2.11. The summed E-state index contributed by atoms with van der Waals surface area (Å²) in [5, 5.41) is 19.8. The Morgan fingerprint density at radius 3 is 2.30 bits per heavy atom. The zero-order valence-corrected chi connectivity index (χ0v) is 23.3. The number of rotatable bonds is 14. The van der Waals surface area contributed by atoms with Gasteiger partial charge in [-0.15, -0.1) is 0 Å². The monoisotopic (exact) mass is 587 g/mol. The summed E-state index contributed by atoms with van der Waals surface area (Å²) in [6.07, 6.45) is 11.5. The van der Waals surface area contributed by atoms with E-state index in [0.29, 0.717) is 12.2 Å². The predicted molar refractivity (Wildman–Crippen MR) is 159 cm³/mol. The van der Waals surface area contributed by atoms with Gasteiger partial charge < -0.3 is 24.3 Å². The molecule has 1 aliphatic rings. The van der Waals surface area contributed by atoms with E-state index in [1.165, 1.54) is 12.1 Å². The van der Waals surface area contributed by atoms with Gasteiger partial charge in [-0.05, 0) is 77.8 Å². The third kappa shape index (κ3) is 7.48. The number of halogens is 2. The molecule has 0 spiro atoms. The van der Waals surface area contributed by atoms with E-state index in [1.54, 1.807) is 16.7 Å². The molecule has 9 heteroatoms. The standard InChI is InChI=1S/C34H31F2NO6/c35-28-7-4-8-29(32(28)36)43-18-2-1-17-42-26-13-10-23(11-14-26)9-12-24-5-3-6-27-25(19-34(15-16-34)20-30(38)39)21-37(33(24)27)22-31(40)41/h1-14,21H,15-20,22H2,(H,38,39)(H,40,41)/b2-1+,12-9+. The molecule has 0 bridgehead atoms. The van der Waals surface area contributed by atoms with Crippen LogP contribution in [0.4, 0.5) is 8.78 Å². The number of hydrogen-bond acceptors (Lipinski definition) is 4. The van der Waals surface area contributed by atoms with E-state index in [4.69, 9.17) is 9.47 Å². The molecule has 222 valence electrons. The van der Waals surface area contributed by atoms with Crippen molar-refractivity contribution in [3.8, 4) is 11.5 Å². The van der Waals surface area contributed by atoms with Crippen molar-refractivity contribution in [2.24, 2.45) is 5.41 Å². The number of carboxylic acid groups (broad SMARTS) is 2. The lowest BCUT2D eigenvalue weighted by Crippen LogP contribution is -2.11. The Kier molecular flexibility index (Phi) is 8.90. The average molecular weight is 588 g/mol. The van der Waals surface area contributed by atoms with Gasteiger partial charge in [0.25, 0.3) is 0 Å². The molecule has 1 fully saturated rings. The molecule has 0 saturated heterocycles. The van der Waals surface area contributed by atoms with Gasteiger partial charge in [0.1, 0.15) is 25.5 Å². The molecule has 1 heterocycles. The molecule has 5 rings (SSSR count). The second-order valence-electron chi connectivity index (χ2n) is 10.7. The summed E-state index contributed by atoms with van der Waals surface area (Å²) in [5.41, 5.74) is 3.29. The number of carboxylic acids is 2. The molecule has 0 unspecified atom stereocenters. The van der Waals surface area contributed by atoms with Gasteiger partial charge in [-0.25, -0.2) is 4.39 Å². The summed E-state index contributed by atoms with van der Waals surface area (Å²) in [7, 11) is 0. The molecule has 0 aliphatic heterocycles. The van der Waals surface area contributed by atoms with Crippen LogP contribution in [0, 0.1) is 17.0 Å². The van der Waals surface area contributed by atoms with E-state index in [9.17, 15) is 28.6 Å². The molecule has 3 aromatic carbocycles. The van der Waals surface area contributed by atoms with Crippen molar-refractivity contribution in [3.05, 3.63) is 107 Å². The van der Waals surface area contributed by atoms with Gasteiger partial charge in [0.05, 0.1) is 11.9 Å². The highest BCUT2D eigenvalue weighted by atomic mass is 19.2. The summed E-state index contributed by atoms with van der Waals surface area (Å²) in [4.78, 5) is 23.0. The number of hydrogen-bond donors (Lipinski definition) is 2. The maximum Gasteiger partial charge on any atom is 0.323 e. The molecular weight excluding hydrogens is 556 g/mol. The molecule has 1 aliphatic carbocycles. The number of para-hydroxylation sites is 1. The summed E-state index contributed by atoms with van der Waals surface area (Å²) >= 11 is 0. The Morgan fingerprint density at radius 1 is 0.884 bits per heavy atom. The van der Waals surface area contributed by atoms with Gasteiger partial charge in [0.15, 0.2) is 11.6 Å². The second-order valence-corrected chi connectivity index (χ2v) is 10.7. The minimum atomic E-state index is -1.02. The Bertz CT molecular complexity index is 1690. The van der Waals surface area contributed by atoms with Gasteiger partial charge in [-0.1, -0.05) is 48.6 Å². The van der Waals surface area contributed by atoms with Crippen LogP contribution in [0.15, 0.2) is 79.0 Å². The van der Waals surface area contributed by atoms with Crippen LogP contribution < -0.4 is 9.47 Å². The first kappa shape index (κ1) is 29.6. The number of aromatic nitrogens is 1. The zero-order chi connectivity index (χ0) is 30.4. The fraction of sp³-hybridized carbons (Fsp3) is 0.235. The number of benzene rings is 3. The van der Waals surface area contributed by atoms with Gasteiger partial charge in [0, 0.05) is 11.6 Å². The number of nitrogens with zero attached hydrogens (tertiary/aromatic N) is 1. The Hall–Kier alpha value is -4.92. The van der Waals surface area contributed by atoms with E-state index >= 15 is 0 Å². The Balaban J connectivity index is 1.23. The van der Waals surface area contributed by atoms with E-state index < -0.39 is 23.6 Å². The highest BCUT2D eigenvalue weighted by Crippen LogP contribution is 2.52. The van der Waals surface area contributed by atoms with Gasteiger partial charge >= 0.3 is 11.9 Å². The van der Waals surface area contributed by atoms with Crippen LogP contribution in [0.2, 0.25) is 0 Å². The quantitative estimate of drug-likeness (QED) is 0.122. The van der Waals surface area contributed by atoms with Crippen molar-refractivity contribution in [3.63, 3.8) is 0 Å². The van der Waals surface area contributed by atoms with Crippen LogP contribution in [-0.4, -0.2) is 39.9 Å². The molecule has 0 amide bonds. The van der Waals surface area contributed by atoms with E-state index in [1.807, 2.05) is 60.8 Å². The number of ether oxygens (including phenoxy) is 2. The molecular formula is C34H31F2NO6. The largest absolute Gasteiger partial charge is 0.490 e. The summed E-state index contributed by atoms with van der Waals surface area (Å²) in [5.74, 6) is -3.24. The summed E-state index contributed by atoms with van der Waals surface area (Å²) in [6.45, 7) is 0.144. The molecule has 4 aromatic rings. The number of carbonyl (C=O) groups is 2. The molecule has 2 N–H and O–H groups in total. The van der Waals surface area contributed by atoms with Crippen molar-refractivity contribution in [2.45, 2.75) is 32.2 Å². The van der Waals surface area contributed by atoms with Crippen LogP contribution in [-0.2, 0) is 22.6 Å². The minimum absolute atomic E-state index is 0.0702. The normalized spacial score (nSPS) is 14.0. The zero-order valence-electron chi connectivity index (χ0n) is 23.3. The molecule has 0 atom stereocenters. The van der Waals surface area contributed by atoms with Gasteiger partial charge in [0.2, 0.25) is 5.82 Å². The lowest BCUT2D eigenvalue weighted by molar-refractivity contribution is -0.139. The van der Waals surface area contributed by atoms with Crippen LogP contribution in [0.1, 0.15) is 36.0 Å². The second kappa shape index (κ2) is 12.9. The maximum atomic E-state index is 13.6. The third-order valence-corrected chi connectivity index (χ3v) is 7.47. The van der Waals surface area contributed by atoms with Crippen LogP contribution in [0.3, 0.4) is 0 Å². The third-order valence-electron chi connectivity index (χ3n) is 7.47. The fourth-order valence-corrected chi connectivity index (χ4v) is 5.20. The Labute approximate surface area is 247 Å². The van der Waals surface area contributed by atoms with Crippen LogP contribution in [0.5, 0.6) is 11.5 Å². The van der Waals surface area contributed by atoms with Crippen molar-refractivity contribution >= 4 is 35.0 Å². The number of aliphatic carboxylic acids is 2. The molecule has 1 aromatic heterocycles. The first-order valence-corrected chi connectivity index (χ1v) is 13.9. The van der Waals surface area contributed by atoms with Crippen molar-refractivity contribution < 1.29 is 38.1 Å². The minimum Gasteiger partial charge on any atom is -0.490 e. The molecule has 7 nitrogen and oxygen atoms in total. The smallest absolute Gasteiger partial charge is 0.323 e. The van der Waals surface area contributed by atoms with Crippen LogP contribution in [0.25, 0.3) is 23.1 Å². The molecule has 43 heavy (non-hydrogen) atoms. The first-order chi connectivity index (χ1) is 20.7. The number of fused-ring (bicyclic) bond motifs is 1. The highest BCUT2D eigenvalue weighted by Gasteiger charge is 2.44. The Morgan fingerprint density at radius 2 is 1.60 bits per heavy atom. The van der Waals surface area contributed by atoms with E-state index in [2.05, 4.69) is 0 Å². The highest BCUT2D eigenvalue weighted by molar-refractivity contribution is 5.94. The lowest BCUT2D eigenvalue weighted by atomic mass is 9.92. The van der Waals surface area contributed by atoms with E-state index in [-0.39, 0.29) is 37.3 Å². The van der Waals surface area contributed by atoms with Crippen molar-refractivity contribution in [1.82, 2.24) is 4.57 Å².